The summed E-state index contributed by atoms with van der Waals surface area (Å²) in [6.45, 7) is 1.70. The molecule has 116 valence electrons. The van der Waals surface area contributed by atoms with Gasteiger partial charge in [0, 0.05) is 25.5 Å². The third-order valence-corrected chi connectivity index (χ3v) is 3.75. The molecule has 1 aromatic carbocycles. The van der Waals surface area contributed by atoms with E-state index in [0.29, 0.717) is 24.4 Å². The van der Waals surface area contributed by atoms with Crippen LogP contribution in [0.5, 0.6) is 0 Å². The number of carboxylic acid groups (broad SMARTS) is 1. The zero-order chi connectivity index (χ0) is 15.7. The van der Waals surface area contributed by atoms with Gasteiger partial charge in [-0.1, -0.05) is 12.1 Å². The summed E-state index contributed by atoms with van der Waals surface area (Å²) >= 11 is 0. The Labute approximate surface area is 126 Å². The van der Waals surface area contributed by atoms with Gasteiger partial charge in [-0.3, -0.25) is 4.79 Å². The Morgan fingerprint density at radius 3 is 2.95 bits per heavy atom. The first-order chi connectivity index (χ1) is 10.6. The number of hydrogen-bond donors (Lipinski definition) is 3. The van der Waals surface area contributed by atoms with Crippen LogP contribution >= 0.6 is 0 Å². The van der Waals surface area contributed by atoms with E-state index in [2.05, 4.69) is 10.6 Å². The van der Waals surface area contributed by atoms with E-state index in [0.717, 1.165) is 11.9 Å². The molecule has 0 radical (unpaired) electrons. The summed E-state index contributed by atoms with van der Waals surface area (Å²) in [6.07, 6.45) is -0.539. The molecule has 0 saturated carbocycles. The summed E-state index contributed by atoms with van der Waals surface area (Å²) in [5.41, 5.74) is 1.43. The molecule has 3 rings (SSSR count). The van der Waals surface area contributed by atoms with Gasteiger partial charge in [0.05, 0.1) is 17.8 Å². The molecule has 1 atom stereocenters. The van der Waals surface area contributed by atoms with E-state index in [1.165, 1.54) is 0 Å². The minimum absolute atomic E-state index is 0.173. The maximum absolute atomic E-state index is 12.3. The van der Waals surface area contributed by atoms with Gasteiger partial charge in [0.2, 0.25) is 0 Å². The highest BCUT2D eigenvalue weighted by atomic mass is 16.5. The molecule has 1 amide bonds. The van der Waals surface area contributed by atoms with Gasteiger partial charge in [-0.05, 0) is 12.1 Å². The van der Waals surface area contributed by atoms with Gasteiger partial charge in [-0.15, -0.1) is 0 Å². The van der Waals surface area contributed by atoms with Crippen molar-refractivity contribution in [2.75, 3.05) is 25.0 Å². The summed E-state index contributed by atoms with van der Waals surface area (Å²) in [6, 6.07) is 6.94. The lowest BCUT2D eigenvalue weighted by molar-refractivity contribution is -0.128. The number of rotatable bonds is 3. The number of carboxylic acids is 1. The number of aromatic carboxylic acids is 1. The van der Waals surface area contributed by atoms with Crippen molar-refractivity contribution in [1.82, 2.24) is 9.88 Å². The highest BCUT2D eigenvalue weighted by molar-refractivity contribution is 6.05. The number of nitrogens with zero attached hydrogens (tertiary/aromatic N) is 1. The van der Waals surface area contributed by atoms with Crippen LogP contribution in [0.25, 0.3) is 10.9 Å². The molecule has 7 heteroatoms. The van der Waals surface area contributed by atoms with Crippen molar-refractivity contribution < 1.29 is 19.4 Å². The van der Waals surface area contributed by atoms with Crippen molar-refractivity contribution in [3.05, 3.63) is 30.0 Å². The average Bonchev–Trinajstić information content (AvgIpc) is 2.86. The number of aromatic nitrogens is 1. The van der Waals surface area contributed by atoms with Gasteiger partial charge in [0.1, 0.15) is 11.8 Å². The molecule has 1 unspecified atom stereocenters. The average molecular weight is 303 g/mol. The predicted molar refractivity (Wildman–Crippen MR) is 81.1 cm³/mol. The lowest BCUT2D eigenvalue weighted by Crippen LogP contribution is -2.45. The molecule has 1 aromatic heterocycles. The van der Waals surface area contributed by atoms with Crippen molar-refractivity contribution in [3.8, 4) is 0 Å². The maximum atomic E-state index is 12.3. The number of nitrogens with one attached hydrogen (secondary N) is 2. The van der Waals surface area contributed by atoms with Crippen LogP contribution in [0.2, 0.25) is 0 Å². The maximum Gasteiger partial charge on any atom is 0.352 e. The lowest BCUT2D eigenvalue weighted by atomic mass is 10.2. The Kier molecular flexibility index (Phi) is 3.82. The monoisotopic (exact) mass is 303 g/mol. The van der Waals surface area contributed by atoms with Gasteiger partial charge in [-0.2, -0.15) is 0 Å². The first-order valence-corrected chi connectivity index (χ1v) is 7.03. The third kappa shape index (κ3) is 2.56. The van der Waals surface area contributed by atoms with Gasteiger partial charge < -0.3 is 25.0 Å². The third-order valence-electron chi connectivity index (χ3n) is 3.75. The second kappa shape index (κ2) is 5.78. The molecule has 2 aromatic rings. The number of para-hydroxylation sites is 1. The second-order valence-electron chi connectivity index (χ2n) is 5.19. The fraction of sp³-hybridized carbons (Fsp3) is 0.333. The van der Waals surface area contributed by atoms with Crippen LogP contribution in [0.3, 0.4) is 0 Å². The number of morpholine rings is 1. The van der Waals surface area contributed by atoms with Crippen LogP contribution in [0, 0.1) is 0 Å². The molecule has 1 fully saturated rings. The van der Waals surface area contributed by atoms with E-state index in [9.17, 15) is 14.7 Å². The molecule has 7 nitrogen and oxygen atoms in total. The highest BCUT2D eigenvalue weighted by Gasteiger charge is 2.23. The SMILES string of the molecule is Cn1c(C(=O)O)cc2cccc(NC(=O)C3CNCCO3)c21. The number of carbonyl (C=O) groups is 2. The second-order valence-corrected chi connectivity index (χ2v) is 5.19. The molecule has 1 aliphatic rings. The molecule has 3 N–H and O–H groups in total. The number of hydrogen-bond acceptors (Lipinski definition) is 4. The van der Waals surface area contributed by atoms with Crippen molar-refractivity contribution >= 4 is 28.5 Å². The van der Waals surface area contributed by atoms with Crippen molar-refractivity contribution in [1.29, 1.82) is 0 Å². The molecular formula is C15H17N3O4. The molecule has 0 aliphatic carbocycles. The Bertz CT molecular complexity index is 732. The Hall–Kier alpha value is -2.38. The Balaban J connectivity index is 1.93. The molecular weight excluding hydrogens is 286 g/mol. The minimum atomic E-state index is -1.00. The number of carbonyl (C=O) groups excluding carboxylic acids is 1. The number of amides is 1. The van der Waals surface area contributed by atoms with Crippen LogP contribution < -0.4 is 10.6 Å². The zero-order valence-electron chi connectivity index (χ0n) is 12.1. The largest absolute Gasteiger partial charge is 0.477 e. The van der Waals surface area contributed by atoms with Gasteiger partial charge >= 0.3 is 5.97 Å². The van der Waals surface area contributed by atoms with Crippen LogP contribution in [-0.2, 0) is 16.6 Å². The quantitative estimate of drug-likeness (QED) is 0.780. The van der Waals surface area contributed by atoms with Gasteiger partial charge in [0.15, 0.2) is 0 Å². The number of aryl methyl sites for hydroxylation is 1. The molecule has 1 aliphatic heterocycles. The van der Waals surface area contributed by atoms with Gasteiger partial charge in [-0.25, -0.2) is 4.79 Å². The smallest absolute Gasteiger partial charge is 0.352 e. The summed E-state index contributed by atoms with van der Waals surface area (Å²) in [7, 11) is 1.67. The van der Waals surface area contributed by atoms with Crippen LogP contribution in [0.15, 0.2) is 24.3 Å². The standard InChI is InChI=1S/C15H17N3O4/c1-18-11(15(20)21)7-9-3-2-4-10(13(9)18)17-14(19)12-8-16-5-6-22-12/h2-4,7,12,16H,5-6,8H2,1H3,(H,17,19)(H,20,21). The number of benzene rings is 1. The summed E-state index contributed by atoms with van der Waals surface area (Å²) in [5, 5.41) is 15.9. The Morgan fingerprint density at radius 1 is 1.45 bits per heavy atom. The van der Waals surface area contributed by atoms with Crippen molar-refractivity contribution in [3.63, 3.8) is 0 Å². The summed E-state index contributed by atoms with van der Waals surface area (Å²) < 4.78 is 6.98. The Morgan fingerprint density at radius 2 is 2.27 bits per heavy atom. The topological polar surface area (TPSA) is 92.6 Å². The van der Waals surface area contributed by atoms with E-state index in [1.807, 2.05) is 6.07 Å². The van der Waals surface area contributed by atoms with Crippen LogP contribution in [-0.4, -0.2) is 47.4 Å². The molecule has 2 heterocycles. The van der Waals surface area contributed by atoms with E-state index in [4.69, 9.17) is 4.74 Å². The molecule has 1 saturated heterocycles. The number of anilines is 1. The minimum Gasteiger partial charge on any atom is -0.477 e. The zero-order valence-corrected chi connectivity index (χ0v) is 12.1. The normalized spacial score (nSPS) is 18.3. The first-order valence-electron chi connectivity index (χ1n) is 7.03. The molecule has 0 spiro atoms. The van der Waals surface area contributed by atoms with E-state index >= 15 is 0 Å². The van der Waals surface area contributed by atoms with E-state index in [1.54, 1.807) is 29.8 Å². The number of fused-ring (bicyclic) bond motifs is 1. The predicted octanol–water partition coefficient (Wildman–Crippen LogP) is 0.803. The van der Waals surface area contributed by atoms with E-state index in [-0.39, 0.29) is 11.6 Å². The van der Waals surface area contributed by atoms with Gasteiger partial charge in [0.25, 0.3) is 5.91 Å². The highest BCUT2D eigenvalue weighted by Crippen LogP contribution is 2.26. The van der Waals surface area contributed by atoms with Crippen molar-refractivity contribution in [2.24, 2.45) is 7.05 Å². The fourth-order valence-electron chi connectivity index (χ4n) is 2.67. The summed E-state index contributed by atoms with van der Waals surface area (Å²) in [5.74, 6) is -1.24. The van der Waals surface area contributed by atoms with Crippen molar-refractivity contribution in [2.45, 2.75) is 6.10 Å². The van der Waals surface area contributed by atoms with E-state index < -0.39 is 12.1 Å². The number of ether oxygens (including phenoxy) is 1. The molecule has 0 bridgehead atoms. The lowest BCUT2D eigenvalue weighted by Gasteiger charge is -2.23. The molecule has 22 heavy (non-hydrogen) atoms. The van der Waals surface area contributed by atoms with Crippen LogP contribution in [0.4, 0.5) is 5.69 Å². The van der Waals surface area contributed by atoms with Crippen LogP contribution in [0.1, 0.15) is 10.5 Å². The fourth-order valence-corrected chi connectivity index (χ4v) is 2.67. The summed E-state index contributed by atoms with van der Waals surface area (Å²) in [4.78, 5) is 23.5. The first kappa shape index (κ1) is 14.6.